The van der Waals surface area contributed by atoms with Crippen LogP contribution in [-0.4, -0.2) is 26.4 Å². The molecule has 0 radical (unpaired) electrons. The van der Waals surface area contributed by atoms with Crippen LogP contribution in [0, 0.1) is 0 Å². The Hall–Kier alpha value is -2.89. The Kier molecular flexibility index (Phi) is 2.86. The van der Waals surface area contributed by atoms with Crippen molar-refractivity contribution >= 4 is 5.97 Å². The lowest BCUT2D eigenvalue weighted by molar-refractivity contribution is -0.135. The van der Waals surface area contributed by atoms with Crippen molar-refractivity contribution in [2.75, 3.05) is 0 Å². The Bertz CT molecular complexity index is 737. The van der Waals surface area contributed by atoms with Gasteiger partial charge in [0.15, 0.2) is 11.5 Å². The summed E-state index contributed by atoms with van der Waals surface area (Å²) in [4.78, 5) is 11.7. The van der Waals surface area contributed by atoms with Crippen molar-refractivity contribution in [3.05, 3.63) is 41.5 Å². The molecule has 0 aliphatic carbocycles. The van der Waals surface area contributed by atoms with Crippen molar-refractivity contribution < 1.29 is 30.0 Å². The maximum atomic E-state index is 11.7. The summed E-state index contributed by atoms with van der Waals surface area (Å²) in [5.41, 5.74) is 0.904. The molecule has 0 saturated carbocycles. The van der Waals surface area contributed by atoms with Crippen molar-refractivity contribution in [3.63, 3.8) is 0 Å². The fourth-order valence-corrected chi connectivity index (χ4v) is 2.51. The average Bonchev–Trinajstić information content (AvgIpc) is 2.40. The second kappa shape index (κ2) is 4.59. The van der Waals surface area contributed by atoms with Gasteiger partial charge in [-0.05, 0) is 17.7 Å². The number of fused-ring (bicyclic) bond motifs is 1. The molecular formula is C15H12O6. The zero-order valence-electron chi connectivity index (χ0n) is 10.8. The number of ether oxygens (including phenoxy) is 1. The number of carbonyl (C=O) groups excluding carboxylic acids is 1. The summed E-state index contributed by atoms with van der Waals surface area (Å²) in [6, 6.07) is 6.59. The zero-order valence-corrected chi connectivity index (χ0v) is 10.8. The molecular weight excluding hydrogens is 276 g/mol. The van der Waals surface area contributed by atoms with Gasteiger partial charge in [-0.1, -0.05) is 6.07 Å². The third kappa shape index (κ3) is 2.20. The molecule has 6 heteroatoms. The Morgan fingerprint density at radius 1 is 0.952 bits per heavy atom. The number of aromatic hydroxyl groups is 4. The van der Waals surface area contributed by atoms with E-state index >= 15 is 0 Å². The summed E-state index contributed by atoms with van der Waals surface area (Å²) in [7, 11) is 0. The molecule has 1 unspecified atom stereocenters. The smallest absolute Gasteiger partial charge is 0.312 e. The third-order valence-electron chi connectivity index (χ3n) is 3.45. The molecule has 0 bridgehead atoms. The van der Waals surface area contributed by atoms with E-state index in [1.807, 2.05) is 0 Å². The van der Waals surface area contributed by atoms with Gasteiger partial charge >= 0.3 is 5.97 Å². The van der Waals surface area contributed by atoms with Crippen LogP contribution in [0.15, 0.2) is 30.3 Å². The SMILES string of the molecule is O=C1CC(c2ccc(O)c(O)c2)c2c(O)cc(O)cc2O1. The molecule has 21 heavy (non-hydrogen) atoms. The second-order valence-electron chi connectivity index (χ2n) is 4.86. The minimum absolute atomic E-state index is 0.0183. The topological polar surface area (TPSA) is 107 Å². The van der Waals surface area contributed by atoms with Crippen LogP contribution in [0.4, 0.5) is 0 Å². The number of hydrogen-bond donors (Lipinski definition) is 4. The van der Waals surface area contributed by atoms with E-state index in [1.54, 1.807) is 6.07 Å². The third-order valence-corrected chi connectivity index (χ3v) is 3.45. The molecule has 6 nitrogen and oxygen atoms in total. The van der Waals surface area contributed by atoms with Crippen molar-refractivity contribution in [2.45, 2.75) is 12.3 Å². The molecule has 0 spiro atoms. The maximum Gasteiger partial charge on any atom is 0.312 e. The summed E-state index contributed by atoms with van der Waals surface area (Å²) in [6.07, 6.45) is -0.0183. The summed E-state index contributed by atoms with van der Waals surface area (Å²) in [6.45, 7) is 0. The van der Waals surface area contributed by atoms with Crippen LogP contribution >= 0.6 is 0 Å². The lowest BCUT2D eigenvalue weighted by Gasteiger charge is -2.25. The van der Waals surface area contributed by atoms with E-state index in [2.05, 4.69) is 0 Å². The van der Waals surface area contributed by atoms with Gasteiger partial charge in [0.25, 0.3) is 0 Å². The molecule has 1 atom stereocenters. The van der Waals surface area contributed by atoms with Gasteiger partial charge in [0.05, 0.1) is 6.42 Å². The van der Waals surface area contributed by atoms with Gasteiger partial charge in [0.1, 0.15) is 17.2 Å². The number of hydrogen-bond acceptors (Lipinski definition) is 6. The highest BCUT2D eigenvalue weighted by Crippen LogP contribution is 2.46. The fraction of sp³-hybridized carbons (Fsp3) is 0.133. The first-order valence-corrected chi connectivity index (χ1v) is 6.24. The molecule has 2 aromatic carbocycles. The van der Waals surface area contributed by atoms with Gasteiger partial charge < -0.3 is 25.2 Å². The number of rotatable bonds is 1. The Morgan fingerprint density at radius 2 is 1.71 bits per heavy atom. The first-order chi connectivity index (χ1) is 9.95. The van der Waals surface area contributed by atoms with Crippen molar-refractivity contribution in [1.29, 1.82) is 0 Å². The predicted octanol–water partition coefficient (Wildman–Crippen LogP) is 1.95. The first-order valence-electron chi connectivity index (χ1n) is 6.24. The predicted molar refractivity (Wildman–Crippen MR) is 71.6 cm³/mol. The van der Waals surface area contributed by atoms with Crippen LogP contribution in [0.5, 0.6) is 28.7 Å². The van der Waals surface area contributed by atoms with E-state index in [0.717, 1.165) is 6.07 Å². The van der Waals surface area contributed by atoms with Crippen LogP contribution < -0.4 is 4.74 Å². The molecule has 1 heterocycles. The summed E-state index contributed by atoms with van der Waals surface area (Å²) in [5, 5.41) is 38.4. The largest absolute Gasteiger partial charge is 0.508 e. The van der Waals surface area contributed by atoms with Gasteiger partial charge in [-0.3, -0.25) is 4.79 Å². The number of phenols is 4. The number of carbonyl (C=O) groups is 1. The van der Waals surface area contributed by atoms with E-state index in [1.165, 1.54) is 18.2 Å². The van der Waals surface area contributed by atoms with Gasteiger partial charge in [-0.2, -0.15) is 0 Å². The number of benzene rings is 2. The zero-order chi connectivity index (χ0) is 15.1. The first kappa shape index (κ1) is 13.1. The summed E-state index contributed by atoms with van der Waals surface area (Å²) in [5.74, 6) is -1.96. The van der Waals surface area contributed by atoms with Crippen molar-refractivity contribution in [1.82, 2.24) is 0 Å². The Labute approximate surface area is 119 Å². The fourth-order valence-electron chi connectivity index (χ4n) is 2.51. The van der Waals surface area contributed by atoms with E-state index < -0.39 is 11.9 Å². The molecule has 0 fully saturated rings. The monoisotopic (exact) mass is 288 g/mol. The molecule has 3 rings (SSSR count). The molecule has 1 aliphatic rings. The average molecular weight is 288 g/mol. The molecule has 0 amide bonds. The normalized spacial score (nSPS) is 17.1. The van der Waals surface area contributed by atoms with Crippen LogP contribution in [0.25, 0.3) is 0 Å². The van der Waals surface area contributed by atoms with Crippen molar-refractivity contribution in [3.8, 4) is 28.7 Å². The van der Waals surface area contributed by atoms with Crippen LogP contribution in [-0.2, 0) is 4.79 Å². The lowest BCUT2D eigenvalue weighted by atomic mass is 9.85. The minimum atomic E-state index is -0.534. The molecule has 0 saturated heterocycles. The Balaban J connectivity index is 2.16. The molecule has 2 aromatic rings. The highest BCUT2D eigenvalue weighted by atomic mass is 16.5. The van der Waals surface area contributed by atoms with Crippen LogP contribution in [0.1, 0.15) is 23.5 Å². The van der Waals surface area contributed by atoms with E-state index in [4.69, 9.17) is 4.74 Å². The van der Waals surface area contributed by atoms with Gasteiger partial charge in [-0.15, -0.1) is 0 Å². The second-order valence-corrected chi connectivity index (χ2v) is 4.86. The maximum absolute atomic E-state index is 11.7. The minimum Gasteiger partial charge on any atom is -0.508 e. The molecule has 4 N–H and O–H groups in total. The van der Waals surface area contributed by atoms with Gasteiger partial charge in [-0.25, -0.2) is 0 Å². The number of phenolic OH excluding ortho intramolecular Hbond substituents is 4. The van der Waals surface area contributed by atoms with Crippen molar-refractivity contribution in [2.24, 2.45) is 0 Å². The standard InChI is InChI=1S/C15H12O6/c16-8-4-12(19)15-9(6-14(20)21-13(15)5-8)7-1-2-10(17)11(18)3-7/h1-5,9,16-19H,6H2. The van der Waals surface area contributed by atoms with Gasteiger partial charge in [0, 0.05) is 23.6 Å². The molecule has 108 valence electrons. The van der Waals surface area contributed by atoms with Crippen LogP contribution in [0.2, 0.25) is 0 Å². The highest BCUT2D eigenvalue weighted by Gasteiger charge is 2.32. The molecule has 1 aliphatic heterocycles. The molecule has 0 aromatic heterocycles. The lowest BCUT2D eigenvalue weighted by Crippen LogP contribution is -2.21. The highest BCUT2D eigenvalue weighted by molar-refractivity contribution is 5.79. The number of esters is 1. The van der Waals surface area contributed by atoms with E-state index in [9.17, 15) is 25.2 Å². The Morgan fingerprint density at radius 3 is 2.43 bits per heavy atom. The van der Waals surface area contributed by atoms with E-state index in [-0.39, 0.29) is 35.2 Å². The quantitative estimate of drug-likeness (QED) is 0.363. The van der Waals surface area contributed by atoms with Gasteiger partial charge in [0.2, 0.25) is 0 Å². The van der Waals surface area contributed by atoms with E-state index in [0.29, 0.717) is 11.1 Å². The summed E-state index contributed by atoms with van der Waals surface area (Å²) >= 11 is 0. The van der Waals surface area contributed by atoms with Crippen LogP contribution in [0.3, 0.4) is 0 Å². The summed E-state index contributed by atoms with van der Waals surface area (Å²) < 4.78 is 5.03.